The minimum Gasteiger partial charge on any atom is -0.208 e. The van der Waals surface area contributed by atoms with Crippen LogP contribution in [0.2, 0.25) is 0 Å². The van der Waals surface area contributed by atoms with Gasteiger partial charge in [0, 0.05) is 32.0 Å². The molecule has 10 aromatic rings. The molecule has 4 heteroatoms. The maximum Gasteiger partial charge on any atom is 0.164 e. The average molecular weight is 782 g/mol. The van der Waals surface area contributed by atoms with Gasteiger partial charge < -0.3 is 0 Å². The highest BCUT2D eigenvalue weighted by Gasteiger charge is 2.53. The van der Waals surface area contributed by atoms with Crippen molar-refractivity contribution in [1.82, 2.24) is 15.0 Å². The molecule has 0 N–H and O–H groups in total. The summed E-state index contributed by atoms with van der Waals surface area (Å²) in [5.74, 6) is 1.92. The molecule has 2 heterocycles. The van der Waals surface area contributed by atoms with Gasteiger partial charge in [0.15, 0.2) is 17.5 Å². The molecule has 0 amide bonds. The summed E-state index contributed by atoms with van der Waals surface area (Å²) < 4.78 is 0. The minimum absolute atomic E-state index is 0.496. The van der Waals surface area contributed by atoms with Gasteiger partial charge in [-0.2, -0.15) is 0 Å². The van der Waals surface area contributed by atoms with Crippen molar-refractivity contribution in [1.29, 1.82) is 0 Å². The number of nitrogens with zero attached hydrogens (tertiary/aromatic N) is 3. The van der Waals surface area contributed by atoms with Gasteiger partial charge in [-0.3, -0.25) is 0 Å². The molecular formula is C56H35N3S. The maximum atomic E-state index is 5.47. The van der Waals surface area contributed by atoms with Crippen LogP contribution in [0, 0.1) is 0 Å². The van der Waals surface area contributed by atoms with Crippen molar-refractivity contribution >= 4 is 11.3 Å². The number of aromatic nitrogens is 3. The summed E-state index contributed by atoms with van der Waals surface area (Å²) >= 11 is 1.87. The monoisotopic (exact) mass is 781 g/mol. The molecule has 0 saturated carbocycles. The fraction of sp³-hybridized carbons (Fsp3) is 0.0179. The summed E-state index contributed by atoms with van der Waals surface area (Å²) in [6.45, 7) is 0. The van der Waals surface area contributed by atoms with Crippen LogP contribution in [-0.4, -0.2) is 15.0 Å². The average Bonchev–Trinajstić information content (AvgIpc) is 3.99. The molecule has 0 bridgehead atoms. The molecule has 2 aliphatic rings. The number of hydrogen-bond acceptors (Lipinski definition) is 4. The quantitative estimate of drug-likeness (QED) is 0.169. The van der Waals surface area contributed by atoms with E-state index in [1.807, 2.05) is 29.5 Å². The lowest BCUT2D eigenvalue weighted by molar-refractivity contribution is 0.796. The van der Waals surface area contributed by atoms with Gasteiger partial charge >= 0.3 is 0 Å². The molecule has 0 saturated heterocycles. The Morgan fingerprint density at radius 2 is 0.733 bits per heavy atom. The number of rotatable bonds is 6. The first-order chi connectivity index (χ1) is 29.7. The molecule has 0 radical (unpaired) electrons. The Morgan fingerprint density at radius 1 is 0.300 bits per heavy atom. The summed E-state index contributed by atoms with van der Waals surface area (Å²) in [4.78, 5) is 18.6. The van der Waals surface area contributed by atoms with Crippen LogP contribution in [0.4, 0.5) is 0 Å². The van der Waals surface area contributed by atoms with Gasteiger partial charge in [-0.1, -0.05) is 188 Å². The smallest absolute Gasteiger partial charge is 0.164 e. The van der Waals surface area contributed by atoms with E-state index in [4.69, 9.17) is 15.0 Å². The molecule has 2 aromatic heterocycles. The second kappa shape index (κ2) is 13.8. The Morgan fingerprint density at radius 3 is 1.32 bits per heavy atom. The van der Waals surface area contributed by atoms with Crippen molar-refractivity contribution in [3.8, 4) is 88.4 Å². The van der Waals surface area contributed by atoms with Crippen molar-refractivity contribution in [2.24, 2.45) is 0 Å². The predicted octanol–water partition coefficient (Wildman–Crippen LogP) is 14.3. The van der Waals surface area contributed by atoms with Gasteiger partial charge in [-0.25, -0.2) is 15.0 Å². The van der Waals surface area contributed by atoms with Crippen molar-refractivity contribution in [3.05, 3.63) is 235 Å². The van der Waals surface area contributed by atoms with E-state index in [1.165, 1.54) is 54.3 Å². The number of hydrogen-bond donors (Lipinski definition) is 0. The topological polar surface area (TPSA) is 38.7 Å². The van der Waals surface area contributed by atoms with Crippen molar-refractivity contribution in [2.45, 2.75) is 5.41 Å². The van der Waals surface area contributed by atoms with Crippen LogP contribution < -0.4 is 0 Å². The molecule has 12 rings (SSSR count). The third-order valence-electron chi connectivity index (χ3n) is 12.2. The summed E-state index contributed by atoms with van der Waals surface area (Å²) in [7, 11) is 0. The molecular weight excluding hydrogens is 747 g/mol. The summed E-state index contributed by atoms with van der Waals surface area (Å²) in [6, 6.07) is 76.0. The van der Waals surface area contributed by atoms with Crippen LogP contribution >= 0.6 is 11.3 Å². The van der Waals surface area contributed by atoms with Gasteiger partial charge in [0.2, 0.25) is 0 Å². The fourth-order valence-electron chi connectivity index (χ4n) is 9.55. The van der Waals surface area contributed by atoms with Crippen LogP contribution in [0.5, 0.6) is 0 Å². The third kappa shape index (κ3) is 5.31. The van der Waals surface area contributed by atoms with E-state index in [0.29, 0.717) is 17.5 Å². The molecule has 0 unspecified atom stereocenters. The zero-order valence-corrected chi connectivity index (χ0v) is 33.3. The Hall–Kier alpha value is -7.53. The molecule has 3 nitrogen and oxygen atoms in total. The van der Waals surface area contributed by atoms with Crippen LogP contribution in [-0.2, 0) is 5.41 Å². The molecule has 60 heavy (non-hydrogen) atoms. The second-order valence-electron chi connectivity index (χ2n) is 15.5. The van der Waals surface area contributed by atoms with Crippen LogP contribution in [0.15, 0.2) is 212 Å². The number of benzene rings is 8. The molecule has 0 fully saturated rings. The highest BCUT2D eigenvalue weighted by atomic mass is 32.1. The predicted molar refractivity (Wildman–Crippen MR) is 247 cm³/mol. The van der Waals surface area contributed by atoms with E-state index in [2.05, 4.69) is 194 Å². The van der Waals surface area contributed by atoms with Crippen molar-refractivity contribution in [3.63, 3.8) is 0 Å². The highest BCUT2D eigenvalue weighted by molar-refractivity contribution is 7.19. The summed E-state index contributed by atoms with van der Waals surface area (Å²) in [6.07, 6.45) is 0. The van der Waals surface area contributed by atoms with Gasteiger partial charge in [0.05, 0.1) is 5.41 Å². The maximum absolute atomic E-state index is 5.47. The van der Waals surface area contributed by atoms with Crippen LogP contribution in [0.3, 0.4) is 0 Å². The SMILES string of the molecule is c1ccc(-c2cc(-c3ccccc3)cc(-c3nc(-c4ccccc4)nc(-c4cccc5c4-c4sc(-c6ccccc6)cc4C54c5ccccc5-c5ccccc54)n3)c2)cc1. The first-order valence-corrected chi connectivity index (χ1v) is 21.2. The number of fused-ring (bicyclic) bond motifs is 10. The fourth-order valence-corrected chi connectivity index (χ4v) is 10.8. The Balaban J connectivity index is 1.14. The number of thiophene rings is 1. The third-order valence-corrected chi connectivity index (χ3v) is 13.4. The molecule has 8 aromatic carbocycles. The highest BCUT2D eigenvalue weighted by Crippen LogP contribution is 2.66. The van der Waals surface area contributed by atoms with E-state index in [9.17, 15) is 0 Å². The normalized spacial score (nSPS) is 12.8. The Labute approximate surface area is 353 Å². The standard InChI is InChI=1S/C56H35N3S/c1-5-18-36(19-6-1)40-32-41(37-20-7-2-8-21-37)34-42(33-40)54-57-53(39-24-11-4-12-25-39)58-55(59-54)45-28-17-31-48-51(45)52-49(35-50(60-52)38-22-9-3-10-23-38)56(48)46-29-15-13-26-43(46)44-27-14-16-30-47(44)56/h1-35H. The van der Waals surface area contributed by atoms with Crippen molar-refractivity contribution < 1.29 is 0 Å². The molecule has 1 spiro atoms. The lowest BCUT2D eigenvalue weighted by Gasteiger charge is -2.30. The first kappa shape index (κ1) is 34.5. The molecule has 0 aliphatic heterocycles. The van der Waals surface area contributed by atoms with E-state index in [0.717, 1.165) is 38.9 Å². The van der Waals surface area contributed by atoms with Gasteiger partial charge in [0.25, 0.3) is 0 Å². The largest absolute Gasteiger partial charge is 0.208 e. The molecule has 2 aliphatic carbocycles. The zero-order chi connectivity index (χ0) is 39.6. The summed E-state index contributed by atoms with van der Waals surface area (Å²) in [5.41, 5.74) is 17.0. The first-order valence-electron chi connectivity index (χ1n) is 20.4. The Kier molecular flexibility index (Phi) is 7.94. The van der Waals surface area contributed by atoms with Gasteiger partial charge in [0.1, 0.15) is 0 Å². The van der Waals surface area contributed by atoms with Gasteiger partial charge in [-0.15, -0.1) is 11.3 Å². The van der Waals surface area contributed by atoms with Crippen molar-refractivity contribution in [2.75, 3.05) is 0 Å². The van der Waals surface area contributed by atoms with E-state index in [1.54, 1.807) is 0 Å². The van der Waals surface area contributed by atoms with Crippen LogP contribution in [0.25, 0.3) is 88.4 Å². The summed E-state index contributed by atoms with van der Waals surface area (Å²) in [5, 5.41) is 0. The van der Waals surface area contributed by atoms with E-state index < -0.39 is 5.41 Å². The van der Waals surface area contributed by atoms with E-state index in [-0.39, 0.29) is 0 Å². The second-order valence-corrected chi connectivity index (χ2v) is 16.5. The molecule has 280 valence electrons. The molecule has 0 atom stereocenters. The Bertz CT molecular complexity index is 3140. The zero-order valence-electron chi connectivity index (χ0n) is 32.5. The lowest BCUT2D eigenvalue weighted by atomic mass is 9.70. The lowest BCUT2D eigenvalue weighted by Crippen LogP contribution is -2.25. The minimum atomic E-state index is -0.496. The van der Waals surface area contributed by atoms with E-state index >= 15 is 0 Å². The van der Waals surface area contributed by atoms with Crippen LogP contribution in [0.1, 0.15) is 22.3 Å². The van der Waals surface area contributed by atoms with Gasteiger partial charge in [-0.05, 0) is 85.5 Å².